The molecule has 0 bridgehead atoms. The highest BCUT2D eigenvalue weighted by molar-refractivity contribution is 5.92. The van der Waals surface area contributed by atoms with E-state index < -0.39 is 42.3 Å². The van der Waals surface area contributed by atoms with E-state index in [1.54, 1.807) is 33.4 Å². The number of nitrogens with one attached hydrogen (secondary N) is 2. The van der Waals surface area contributed by atoms with Crippen molar-refractivity contribution in [3.05, 3.63) is 41.1 Å². The van der Waals surface area contributed by atoms with Crippen molar-refractivity contribution < 1.29 is 45.3 Å². The predicted molar refractivity (Wildman–Crippen MR) is 142 cm³/mol. The lowest BCUT2D eigenvalue weighted by Crippen LogP contribution is -2.40. The molecule has 0 aromatic carbocycles. The topological polar surface area (TPSA) is 140 Å². The van der Waals surface area contributed by atoms with Crippen LogP contribution < -0.4 is 10.6 Å². The summed E-state index contributed by atoms with van der Waals surface area (Å²) in [5, 5.41) is 15.7. The van der Waals surface area contributed by atoms with Crippen molar-refractivity contribution in [1.29, 1.82) is 0 Å². The molecule has 1 unspecified atom stereocenters. The van der Waals surface area contributed by atoms with Crippen LogP contribution in [-0.4, -0.2) is 80.9 Å². The molecular weight excluding hydrogens is 590 g/mol. The summed E-state index contributed by atoms with van der Waals surface area (Å²) in [6, 6.07) is -1.08. The average Bonchev–Trinajstić information content (AvgIpc) is 3.61. The van der Waals surface area contributed by atoms with Crippen LogP contribution in [0.1, 0.15) is 62.1 Å². The highest BCUT2D eigenvalue weighted by Gasteiger charge is 2.46. The normalized spacial score (nSPS) is 15.0. The number of nitrogens with zero attached hydrogens (tertiary/aromatic N) is 6. The van der Waals surface area contributed by atoms with E-state index in [4.69, 9.17) is 0 Å². The quantitative estimate of drug-likeness (QED) is 0.389. The summed E-state index contributed by atoms with van der Waals surface area (Å²) in [5.41, 5.74) is 0.298. The van der Waals surface area contributed by atoms with Crippen LogP contribution in [-0.2, 0) is 17.8 Å². The SMILES string of the molecule is CC.CC(C)(C)C(F)(F)F.COC.Cc1nonc1C(=O)NCc1cn2ncc(CN3CC(C(F)(F)F)NC3=O)cc2n1. The Kier molecular flexibility index (Phi) is 13.4. The number of hydrogen-bond donors (Lipinski definition) is 2. The predicted octanol–water partition coefficient (Wildman–Crippen LogP) is 4.69. The lowest BCUT2D eigenvalue weighted by molar-refractivity contribution is -0.204. The van der Waals surface area contributed by atoms with Crippen molar-refractivity contribution in [3.63, 3.8) is 0 Å². The van der Waals surface area contributed by atoms with Gasteiger partial charge in [-0.3, -0.25) is 4.79 Å². The molecule has 43 heavy (non-hydrogen) atoms. The molecular formula is C25H36F6N8O4. The summed E-state index contributed by atoms with van der Waals surface area (Å²) < 4.78 is 83.2. The van der Waals surface area contributed by atoms with Crippen molar-refractivity contribution in [3.8, 4) is 0 Å². The first-order valence-corrected chi connectivity index (χ1v) is 12.9. The summed E-state index contributed by atoms with van der Waals surface area (Å²) in [5.74, 6) is -0.473. The largest absolute Gasteiger partial charge is 0.410 e. The highest BCUT2D eigenvalue weighted by atomic mass is 19.4. The first kappa shape index (κ1) is 37.1. The van der Waals surface area contributed by atoms with Crippen LogP contribution >= 0.6 is 0 Å². The van der Waals surface area contributed by atoms with Crippen LogP contribution in [0.4, 0.5) is 31.1 Å². The molecule has 3 amide bonds. The lowest BCUT2D eigenvalue weighted by atomic mass is 9.96. The van der Waals surface area contributed by atoms with E-state index in [9.17, 15) is 35.9 Å². The van der Waals surface area contributed by atoms with E-state index in [-0.39, 0.29) is 18.8 Å². The third-order valence-corrected chi connectivity index (χ3v) is 5.33. The number of ether oxygens (including phenoxy) is 1. The molecule has 12 nitrogen and oxygen atoms in total. The number of imidazole rings is 1. The number of hydrogen-bond acceptors (Lipinski definition) is 8. The zero-order chi connectivity index (χ0) is 33.2. The Labute approximate surface area is 244 Å². The van der Waals surface area contributed by atoms with E-state index in [1.165, 1.54) is 10.7 Å². The minimum atomic E-state index is -4.50. The highest BCUT2D eigenvalue weighted by Crippen LogP contribution is 2.36. The molecule has 1 fully saturated rings. The summed E-state index contributed by atoms with van der Waals surface area (Å²) in [6.45, 7) is 8.59. The number of aromatic nitrogens is 5. The molecule has 4 heterocycles. The Hall–Kier alpha value is -3.96. The van der Waals surface area contributed by atoms with Gasteiger partial charge in [0.2, 0.25) is 0 Å². The van der Waals surface area contributed by atoms with Crippen LogP contribution in [0.25, 0.3) is 5.65 Å². The number of aryl methyl sites for hydroxylation is 1. The Morgan fingerprint density at radius 3 is 2.19 bits per heavy atom. The molecule has 1 atom stereocenters. The minimum Gasteiger partial charge on any atom is -0.388 e. The average molecular weight is 627 g/mol. The van der Waals surface area contributed by atoms with E-state index in [2.05, 4.69) is 35.1 Å². The second-order valence-corrected chi connectivity index (χ2v) is 9.86. The summed E-state index contributed by atoms with van der Waals surface area (Å²) >= 11 is 0. The molecule has 0 aliphatic carbocycles. The molecule has 242 valence electrons. The van der Waals surface area contributed by atoms with Gasteiger partial charge in [0.1, 0.15) is 11.7 Å². The molecule has 1 saturated heterocycles. The first-order valence-electron chi connectivity index (χ1n) is 12.9. The van der Waals surface area contributed by atoms with Gasteiger partial charge in [-0.25, -0.2) is 18.9 Å². The second-order valence-electron chi connectivity index (χ2n) is 9.86. The van der Waals surface area contributed by atoms with Gasteiger partial charge in [0.25, 0.3) is 5.91 Å². The fourth-order valence-electron chi connectivity index (χ4n) is 2.96. The van der Waals surface area contributed by atoms with Crippen LogP contribution in [0.2, 0.25) is 0 Å². The van der Waals surface area contributed by atoms with Crippen molar-refractivity contribution >= 4 is 17.6 Å². The number of halogens is 6. The number of carbonyl (C=O) groups is 2. The van der Waals surface area contributed by atoms with Gasteiger partial charge in [0.05, 0.1) is 36.6 Å². The monoisotopic (exact) mass is 626 g/mol. The van der Waals surface area contributed by atoms with Crippen molar-refractivity contribution in [1.82, 2.24) is 40.4 Å². The molecule has 0 radical (unpaired) electrons. The maximum Gasteiger partial charge on any atom is 0.410 e. The van der Waals surface area contributed by atoms with Crippen molar-refractivity contribution in [2.24, 2.45) is 5.41 Å². The fourth-order valence-corrected chi connectivity index (χ4v) is 2.96. The van der Waals surface area contributed by atoms with E-state index in [0.29, 0.717) is 22.6 Å². The number of methoxy groups -OCH3 is 1. The van der Waals surface area contributed by atoms with Crippen LogP contribution in [0, 0.1) is 12.3 Å². The molecule has 1 aliphatic rings. The second kappa shape index (κ2) is 15.5. The zero-order valence-corrected chi connectivity index (χ0v) is 25.0. The standard InChI is InChI=1S/C16H15F3N8O3.C5H9F3.C2H6O.C2H6/c1-8-13(25-30-24-8)14(28)20-4-10-6-27-12(22-10)2-9(3-21-27)5-26-7-11(16(17,18)19)23-15(26)29;1-4(2,3)5(6,7)8;1-3-2;1-2/h2-3,6,11H,4-5,7H2,1H3,(H,20,28)(H,23,29);1-3H3;1-2H3;1-2H3. The number of rotatable bonds is 5. The first-order chi connectivity index (χ1) is 19.9. The molecule has 3 aromatic rings. The van der Waals surface area contributed by atoms with Crippen LogP contribution in [0.3, 0.4) is 0 Å². The van der Waals surface area contributed by atoms with E-state index in [1.807, 2.05) is 19.2 Å². The number of urea groups is 1. The molecule has 3 aromatic heterocycles. The summed E-state index contributed by atoms with van der Waals surface area (Å²) in [6.07, 6.45) is -5.53. The number of alkyl halides is 6. The number of fused-ring (bicyclic) bond motifs is 1. The van der Waals surface area contributed by atoms with Gasteiger partial charge in [-0.2, -0.15) is 31.4 Å². The minimum absolute atomic E-state index is 0.0424. The van der Waals surface area contributed by atoms with Crippen LogP contribution in [0.15, 0.2) is 23.1 Å². The third kappa shape index (κ3) is 11.0. The molecule has 18 heteroatoms. The Morgan fingerprint density at radius 1 is 1.14 bits per heavy atom. The molecule has 2 N–H and O–H groups in total. The zero-order valence-electron chi connectivity index (χ0n) is 25.0. The number of amides is 3. The third-order valence-electron chi connectivity index (χ3n) is 5.33. The number of carbonyl (C=O) groups excluding carboxylic acids is 2. The van der Waals surface area contributed by atoms with Gasteiger partial charge in [0, 0.05) is 20.8 Å². The molecule has 1 aliphatic heterocycles. The van der Waals surface area contributed by atoms with E-state index in [0.717, 1.165) is 25.7 Å². The smallest absolute Gasteiger partial charge is 0.388 e. The Balaban J connectivity index is 0.000000605. The Bertz CT molecular complexity index is 1310. The Morgan fingerprint density at radius 2 is 1.72 bits per heavy atom. The molecule has 0 spiro atoms. The van der Waals surface area contributed by atoms with Gasteiger partial charge in [0.15, 0.2) is 11.3 Å². The van der Waals surface area contributed by atoms with Gasteiger partial charge in [-0.1, -0.05) is 39.8 Å². The maximum absolute atomic E-state index is 12.8. The van der Waals surface area contributed by atoms with Gasteiger partial charge in [-0.15, -0.1) is 0 Å². The van der Waals surface area contributed by atoms with Crippen LogP contribution in [0.5, 0.6) is 0 Å². The van der Waals surface area contributed by atoms with E-state index >= 15 is 0 Å². The van der Waals surface area contributed by atoms with Gasteiger partial charge >= 0.3 is 18.4 Å². The molecule has 4 rings (SSSR count). The lowest BCUT2D eigenvalue weighted by Gasteiger charge is -2.21. The summed E-state index contributed by atoms with van der Waals surface area (Å²) in [4.78, 5) is 29.2. The van der Waals surface area contributed by atoms with Gasteiger partial charge in [-0.05, 0) is 23.7 Å². The maximum atomic E-state index is 12.8. The fraction of sp³-hybridized carbons (Fsp3) is 0.600. The molecule has 0 saturated carbocycles. The van der Waals surface area contributed by atoms with Crippen molar-refractivity contribution in [2.75, 3.05) is 20.8 Å². The van der Waals surface area contributed by atoms with Crippen molar-refractivity contribution in [2.45, 2.75) is 73.0 Å². The van der Waals surface area contributed by atoms with Gasteiger partial charge < -0.3 is 20.3 Å². The summed E-state index contributed by atoms with van der Waals surface area (Å²) in [7, 11) is 3.25.